The maximum atomic E-state index is 12.2. The number of nitrogens with zero attached hydrogens (tertiary/aromatic N) is 1. The van der Waals surface area contributed by atoms with E-state index in [1.807, 2.05) is 18.2 Å². The van der Waals surface area contributed by atoms with Crippen LogP contribution in [0.2, 0.25) is 0 Å². The first-order chi connectivity index (χ1) is 10.0. The van der Waals surface area contributed by atoms with Crippen molar-refractivity contribution in [1.82, 2.24) is 0 Å². The van der Waals surface area contributed by atoms with Crippen molar-refractivity contribution < 1.29 is 9.59 Å². The first-order valence-electron chi connectivity index (χ1n) is 7.52. The van der Waals surface area contributed by atoms with Gasteiger partial charge in [0.05, 0.1) is 0 Å². The minimum Gasteiger partial charge on any atom is -0.328 e. The van der Waals surface area contributed by atoms with Gasteiger partial charge in [0.15, 0.2) is 0 Å². The number of amides is 2. The highest BCUT2D eigenvalue weighted by Gasteiger charge is 2.28. The van der Waals surface area contributed by atoms with Gasteiger partial charge in [0.25, 0.3) is 0 Å². The molecule has 22 heavy (non-hydrogen) atoms. The summed E-state index contributed by atoms with van der Waals surface area (Å²) in [7, 11) is 0. The molecular weight excluding hydrogens is 302 g/mol. The van der Waals surface area contributed by atoms with Gasteiger partial charge in [-0.25, -0.2) is 0 Å². The molecule has 3 rings (SSSR count). The van der Waals surface area contributed by atoms with Gasteiger partial charge < -0.3 is 16.0 Å². The highest BCUT2D eigenvalue weighted by molar-refractivity contribution is 5.96. The third-order valence-electron chi connectivity index (χ3n) is 4.47. The zero-order valence-corrected chi connectivity index (χ0v) is 13.5. The van der Waals surface area contributed by atoms with E-state index in [1.54, 1.807) is 11.8 Å². The lowest BCUT2D eigenvalue weighted by Crippen LogP contribution is -2.25. The van der Waals surface area contributed by atoms with Crippen molar-refractivity contribution >= 4 is 35.6 Å². The predicted molar refractivity (Wildman–Crippen MR) is 89.4 cm³/mol. The SMILES string of the molecule is CC(=O)N1CCc2cc(NC(=O)C3CCC(N)C3)ccc21.Cl. The molecule has 0 spiro atoms. The van der Waals surface area contributed by atoms with Gasteiger partial charge in [0.1, 0.15) is 0 Å². The number of fused-ring (bicyclic) bond motifs is 1. The zero-order valence-electron chi connectivity index (χ0n) is 12.7. The molecule has 2 amide bonds. The maximum absolute atomic E-state index is 12.2. The molecule has 0 bridgehead atoms. The van der Waals surface area contributed by atoms with Crippen molar-refractivity contribution in [3.8, 4) is 0 Å². The summed E-state index contributed by atoms with van der Waals surface area (Å²) in [5, 5.41) is 2.98. The molecule has 2 unspecified atom stereocenters. The van der Waals surface area contributed by atoms with E-state index in [0.717, 1.165) is 49.2 Å². The molecule has 2 atom stereocenters. The van der Waals surface area contributed by atoms with Crippen LogP contribution in [0.1, 0.15) is 31.7 Å². The Kier molecular flexibility index (Phi) is 5.08. The normalized spacial score (nSPS) is 22.9. The molecule has 0 radical (unpaired) electrons. The van der Waals surface area contributed by atoms with Crippen molar-refractivity contribution in [3.63, 3.8) is 0 Å². The molecule has 0 aromatic heterocycles. The summed E-state index contributed by atoms with van der Waals surface area (Å²) >= 11 is 0. The lowest BCUT2D eigenvalue weighted by Gasteiger charge is -2.15. The predicted octanol–water partition coefficient (Wildman–Crippen LogP) is 2.08. The number of benzene rings is 1. The summed E-state index contributed by atoms with van der Waals surface area (Å²) in [6.45, 7) is 2.30. The average Bonchev–Trinajstić information content (AvgIpc) is 3.04. The molecule has 1 aliphatic heterocycles. The third kappa shape index (κ3) is 3.25. The largest absolute Gasteiger partial charge is 0.328 e. The monoisotopic (exact) mass is 323 g/mol. The molecule has 120 valence electrons. The van der Waals surface area contributed by atoms with E-state index in [2.05, 4.69) is 5.32 Å². The van der Waals surface area contributed by atoms with Crippen molar-refractivity contribution in [2.45, 2.75) is 38.6 Å². The van der Waals surface area contributed by atoms with Gasteiger partial charge in [-0.1, -0.05) is 0 Å². The van der Waals surface area contributed by atoms with Crippen LogP contribution >= 0.6 is 12.4 Å². The minimum atomic E-state index is 0. The quantitative estimate of drug-likeness (QED) is 0.875. The van der Waals surface area contributed by atoms with E-state index < -0.39 is 0 Å². The summed E-state index contributed by atoms with van der Waals surface area (Å²) in [6, 6.07) is 5.92. The van der Waals surface area contributed by atoms with Crippen LogP contribution in [0.4, 0.5) is 11.4 Å². The van der Waals surface area contributed by atoms with E-state index in [4.69, 9.17) is 5.73 Å². The fourth-order valence-electron chi connectivity index (χ4n) is 3.31. The Hall–Kier alpha value is -1.59. The van der Waals surface area contributed by atoms with E-state index in [0.29, 0.717) is 0 Å². The number of hydrogen-bond acceptors (Lipinski definition) is 3. The Balaban J connectivity index is 0.00000176. The number of carbonyl (C=O) groups is 2. The Bertz CT molecular complexity index is 591. The number of nitrogens with one attached hydrogen (secondary N) is 1. The van der Waals surface area contributed by atoms with Crippen molar-refractivity contribution in [1.29, 1.82) is 0 Å². The highest BCUT2D eigenvalue weighted by atomic mass is 35.5. The first kappa shape index (κ1) is 16.8. The smallest absolute Gasteiger partial charge is 0.227 e. The van der Waals surface area contributed by atoms with Gasteiger partial charge >= 0.3 is 0 Å². The van der Waals surface area contributed by atoms with Gasteiger partial charge in [-0.3, -0.25) is 9.59 Å². The van der Waals surface area contributed by atoms with E-state index in [9.17, 15) is 9.59 Å². The third-order valence-corrected chi connectivity index (χ3v) is 4.47. The van der Waals surface area contributed by atoms with Gasteiger partial charge in [-0.2, -0.15) is 0 Å². The van der Waals surface area contributed by atoms with Gasteiger partial charge in [0.2, 0.25) is 11.8 Å². The molecule has 1 aliphatic carbocycles. The van der Waals surface area contributed by atoms with E-state index in [-0.39, 0.29) is 36.2 Å². The van der Waals surface area contributed by atoms with Crippen molar-refractivity contribution in [3.05, 3.63) is 23.8 Å². The van der Waals surface area contributed by atoms with Crippen LogP contribution in [0.5, 0.6) is 0 Å². The molecule has 1 saturated carbocycles. The van der Waals surface area contributed by atoms with Crippen LogP contribution in [0, 0.1) is 5.92 Å². The Morgan fingerprint density at radius 1 is 1.32 bits per heavy atom. The number of halogens is 1. The second kappa shape index (κ2) is 6.67. The van der Waals surface area contributed by atoms with Crippen LogP contribution in [0.15, 0.2) is 18.2 Å². The summed E-state index contributed by atoms with van der Waals surface area (Å²) < 4.78 is 0. The fourth-order valence-corrected chi connectivity index (χ4v) is 3.31. The summed E-state index contributed by atoms with van der Waals surface area (Å²) in [6.07, 6.45) is 3.41. The van der Waals surface area contributed by atoms with Crippen LogP contribution in [-0.4, -0.2) is 24.4 Å². The summed E-state index contributed by atoms with van der Waals surface area (Å²) in [4.78, 5) is 25.5. The van der Waals surface area contributed by atoms with Crippen molar-refractivity contribution in [2.24, 2.45) is 11.7 Å². The second-order valence-electron chi connectivity index (χ2n) is 6.02. The fraction of sp³-hybridized carbons (Fsp3) is 0.500. The van der Waals surface area contributed by atoms with Crippen LogP contribution in [0.25, 0.3) is 0 Å². The van der Waals surface area contributed by atoms with Crippen LogP contribution in [0.3, 0.4) is 0 Å². The van der Waals surface area contributed by atoms with Crippen LogP contribution in [-0.2, 0) is 16.0 Å². The first-order valence-corrected chi connectivity index (χ1v) is 7.52. The average molecular weight is 324 g/mol. The highest BCUT2D eigenvalue weighted by Crippen LogP contribution is 2.31. The molecular formula is C16H22ClN3O2. The molecule has 1 fully saturated rings. The Labute approximate surface area is 136 Å². The molecule has 1 heterocycles. The topological polar surface area (TPSA) is 75.4 Å². The summed E-state index contributed by atoms with van der Waals surface area (Å²) in [5.74, 6) is 0.150. The van der Waals surface area contributed by atoms with Crippen molar-refractivity contribution in [2.75, 3.05) is 16.8 Å². The number of rotatable bonds is 2. The molecule has 3 N–H and O–H groups in total. The molecule has 1 aromatic rings. The summed E-state index contributed by atoms with van der Waals surface area (Å²) in [5.41, 5.74) is 8.74. The second-order valence-corrected chi connectivity index (χ2v) is 6.02. The number of hydrogen-bond donors (Lipinski definition) is 2. The van der Waals surface area contributed by atoms with Crippen LogP contribution < -0.4 is 16.0 Å². The van der Waals surface area contributed by atoms with Gasteiger partial charge in [0, 0.05) is 36.8 Å². The number of anilines is 2. The minimum absolute atomic E-state index is 0. The lowest BCUT2D eigenvalue weighted by molar-refractivity contribution is -0.119. The van der Waals surface area contributed by atoms with E-state index in [1.165, 1.54) is 0 Å². The molecule has 6 heteroatoms. The maximum Gasteiger partial charge on any atom is 0.227 e. The molecule has 1 aromatic carbocycles. The number of carbonyl (C=O) groups excluding carboxylic acids is 2. The van der Waals surface area contributed by atoms with Gasteiger partial charge in [-0.15, -0.1) is 12.4 Å². The molecule has 2 aliphatic rings. The van der Waals surface area contributed by atoms with Gasteiger partial charge in [-0.05, 0) is 49.4 Å². The number of nitrogens with two attached hydrogens (primary N) is 1. The zero-order chi connectivity index (χ0) is 15.0. The molecule has 0 saturated heterocycles. The Morgan fingerprint density at radius 2 is 2.09 bits per heavy atom. The Morgan fingerprint density at radius 3 is 2.73 bits per heavy atom. The van der Waals surface area contributed by atoms with E-state index >= 15 is 0 Å². The lowest BCUT2D eigenvalue weighted by atomic mass is 10.1. The molecule has 5 nitrogen and oxygen atoms in total. The standard InChI is InChI=1S/C16H21N3O2.ClH/c1-10(20)19-7-6-11-9-14(4-5-15(11)19)18-16(21)12-2-3-13(17)8-12;/h4-5,9,12-13H,2-3,6-8,17H2,1H3,(H,18,21);1H.